The minimum absolute atomic E-state index is 0.0253. The van der Waals surface area contributed by atoms with Gasteiger partial charge < -0.3 is 20.7 Å². The Morgan fingerprint density at radius 3 is 2.42 bits per heavy atom. The van der Waals surface area contributed by atoms with E-state index in [2.05, 4.69) is 15.0 Å². The highest BCUT2D eigenvalue weighted by molar-refractivity contribution is 7.92. The number of carbonyl (C=O) groups excluding carboxylic acids is 2. The van der Waals surface area contributed by atoms with Gasteiger partial charge in [-0.2, -0.15) is 4.31 Å². The van der Waals surface area contributed by atoms with E-state index in [0.717, 1.165) is 35.1 Å². The maximum atomic E-state index is 13.2. The molecule has 0 bridgehead atoms. The minimum Gasteiger partial charge on any atom is -0.406 e. The van der Waals surface area contributed by atoms with E-state index in [0.29, 0.717) is 24.2 Å². The van der Waals surface area contributed by atoms with E-state index in [-0.39, 0.29) is 49.3 Å². The molecule has 3 N–H and O–H groups in total. The molecule has 0 aliphatic carbocycles. The number of benzene rings is 2. The van der Waals surface area contributed by atoms with Crippen LogP contribution in [0.2, 0.25) is 0 Å². The zero-order valence-corrected chi connectivity index (χ0v) is 24.5. The van der Waals surface area contributed by atoms with Crippen LogP contribution in [-0.4, -0.2) is 79.4 Å². The molecule has 230 valence electrons. The molecule has 0 unspecified atom stereocenters. The van der Waals surface area contributed by atoms with Gasteiger partial charge in [0.2, 0.25) is 10.0 Å². The number of ether oxygens (including phenoxy) is 1. The number of alkyl halides is 3. The van der Waals surface area contributed by atoms with Crippen LogP contribution in [0.3, 0.4) is 0 Å². The minimum atomic E-state index is -4.87. The van der Waals surface area contributed by atoms with Gasteiger partial charge in [-0.25, -0.2) is 8.42 Å². The lowest BCUT2D eigenvalue weighted by atomic mass is 9.89. The molecule has 43 heavy (non-hydrogen) atoms. The van der Waals surface area contributed by atoms with Crippen molar-refractivity contribution in [2.75, 3.05) is 26.2 Å². The number of halogens is 3. The first-order chi connectivity index (χ1) is 20.2. The maximum absolute atomic E-state index is 13.2. The largest absolute Gasteiger partial charge is 0.573 e. The van der Waals surface area contributed by atoms with Crippen molar-refractivity contribution in [1.82, 2.24) is 14.5 Å². The number of aryl methyl sites for hydroxylation is 2. The monoisotopic (exact) mass is 619 g/mol. The molecule has 14 heteroatoms. The second-order valence-corrected chi connectivity index (χ2v) is 12.9. The molecule has 5 rings (SSSR count). The summed E-state index contributed by atoms with van der Waals surface area (Å²) in [6.07, 6.45) is -2.40. The standard InChI is InChI=1S/C29H32F3N5O5S/c1-18-14-21(26(38)36-10-6-22(33)17-36)15-19(2)24(18)7-13-43(40,41)37-11-8-28(9-12-37)27(39)34-25(35-28)20-4-3-5-23(16-20)42-29(30,31)32/h3-5,7,13-16,22H,6,8-12,17,33H2,1-2H3,(H,34,35,39)/t22-/m1/s1. The Morgan fingerprint density at radius 2 is 1.81 bits per heavy atom. The van der Waals surface area contributed by atoms with Crippen LogP contribution in [0.1, 0.15) is 51.9 Å². The molecule has 0 aromatic heterocycles. The van der Waals surface area contributed by atoms with E-state index >= 15 is 0 Å². The highest BCUT2D eigenvalue weighted by atomic mass is 32.2. The number of amidine groups is 1. The van der Waals surface area contributed by atoms with Crippen LogP contribution < -0.4 is 15.8 Å². The van der Waals surface area contributed by atoms with Crippen LogP contribution in [-0.2, 0) is 14.8 Å². The van der Waals surface area contributed by atoms with Crippen molar-refractivity contribution in [2.45, 2.75) is 51.1 Å². The molecule has 3 aliphatic rings. The van der Waals surface area contributed by atoms with Gasteiger partial charge in [0.05, 0.1) is 0 Å². The lowest BCUT2D eigenvalue weighted by Crippen LogP contribution is -2.50. The van der Waals surface area contributed by atoms with E-state index in [1.54, 1.807) is 17.0 Å². The van der Waals surface area contributed by atoms with Crippen LogP contribution in [0.4, 0.5) is 13.2 Å². The number of hydrogen-bond acceptors (Lipinski definition) is 7. The third-order valence-electron chi connectivity index (χ3n) is 7.99. The quantitative estimate of drug-likeness (QED) is 0.511. The number of hydrogen-bond donors (Lipinski definition) is 2. The van der Waals surface area contributed by atoms with Gasteiger partial charge in [-0.15, -0.1) is 13.2 Å². The van der Waals surface area contributed by atoms with Crippen molar-refractivity contribution in [1.29, 1.82) is 0 Å². The lowest BCUT2D eigenvalue weighted by Gasteiger charge is -2.34. The van der Waals surface area contributed by atoms with Gasteiger partial charge in [0.25, 0.3) is 11.8 Å². The summed E-state index contributed by atoms with van der Waals surface area (Å²) in [5, 5.41) is 3.75. The number of nitrogens with one attached hydrogen (secondary N) is 1. The van der Waals surface area contributed by atoms with Crippen molar-refractivity contribution in [3.63, 3.8) is 0 Å². The molecule has 2 aromatic rings. The summed E-state index contributed by atoms with van der Waals surface area (Å²) in [4.78, 5) is 32.0. The number of aliphatic imine (C=N–C) groups is 1. The van der Waals surface area contributed by atoms with Crippen LogP contribution >= 0.6 is 0 Å². The fraction of sp³-hybridized carbons (Fsp3) is 0.414. The Kier molecular flexibility index (Phi) is 8.13. The fourth-order valence-electron chi connectivity index (χ4n) is 5.70. The van der Waals surface area contributed by atoms with Crippen molar-refractivity contribution in [3.05, 3.63) is 69.6 Å². The van der Waals surface area contributed by atoms with Gasteiger partial charge in [-0.1, -0.05) is 12.1 Å². The first-order valence-corrected chi connectivity index (χ1v) is 15.3. The number of rotatable bonds is 6. The smallest absolute Gasteiger partial charge is 0.406 e. The number of nitrogens with zero attached hydrogens (tertiary/aromatic N) is 3. The average molecular weight is 620 g/mol. The molecule has 10 nitrogen and oxygen atoms in total. The average Bonchev–Trinajstić information content (AvgIpc) is 3.50. The van der Waals surface area contributed by atoms with E-state index in [1.165, 1.54) is 22.5 Å². The zero-order valence-electron chi connectivity index (χ0n) is 23.6. The Bertz CT molecular complexity index is 1590. The van der Waals surface area contributed by atoms with Crippen LogP contribution in [0.25, 0.3) is 6.08 Å². The first kappa shape index (κ1) is 30.7. The predicted octanol–water partition coefficient (Wildman–Crippen LogP) is 3.09. The molecule has 3 heterocycles. The number of piperidine rings is 1. The molecular formula is C29H32F3N5O5S. The third kappa shape index (κ3) is 6.60. The molecule has 1 atom stereocenters. The summed E-state index contributed by atoms with van der Waals surface area (Å²) in [5.41, 5.74) is 7.68. The van der Waals surface area contributed by atoms with Crippen LogP contribution in [0.15, 0.2) is 46.8 Å². The van der Waals surface area contributed by atoms with Crippen LogP contribution in [0.5, 0.6) is 5.75 Å². The number of nitrogens with two attached hydrogens (primary N) is 1. The molecule has 2 aromatic carbocycles. The highest BCUT2D eigenvalue weighted by Crippen LogP contribution is 2.33. The Balaban J connectivity index is 1.26. The predicted molar refractivity (Wildman–Crippen MR) is 154 cm³/mol. The molecule has 3 aliphatic heterocycles. The van der Waals surface area contributed by atoms with Crippen molar-refractivity contribution >= 4 is 33.7 Å². The van der Waals surface area contributed by atoms with Gasteiger partial charge in [0, 0.05) is 48.8 Å². The Morgan fingerprint density at radius 1 is 1.14 bits per heavy atom. The van der Waals surface area contributed by atoms with Gasteiger partial charge in [-0.05, 0) is 80.1 Å². The van der Waals surface area contributed by atoms with E-state index in [1.807, 2.05) is 13.8 Å². The summed E-state index contributed by atoms with van der Waals surface area (Å²) in [6.45, 7) is 4.79. The van der Waals surface area contributed by atoms with Crippen molar-refractivity contribution in [3.8, 4) is 5.75 Å². The topological polar surface area (TPSA) is 134 Å². The zero-order chi connectivity index (χ0) is 31.2. The number of likely N-dealkylation sites (tertiary alicyclic amines) is 1. The molecule has 2 saturated heterocycles. The maximum Gasteiger partial charge on any atom is 0.573 e. The van der Waals surface area contributed by atoms with Crippen molar-refractivity contribution in [2.24, 2.45) is 10.7 Å². The molecular weight excluding hydrogens is 587 g/mol. The van der Waals surface area contributed by atoms with Gasteiger partial charge in [-0.3, -0.25) is 14.6 Å². The van der Waals surface area contributed by atoms with E-state index in [4.69, 9.17) is 5.73 Å². The van der Waals surface area contributed by atoms with E-state index < -0.39 is 33.6 Å². The SMILES string of the molecule is Cc1cc(C(=O)N2CC[C@@H](N)C2)cc(C)c1C=CS(=O)(=O)N1CCC2(CC1)N=C(c1cccc(OC(F)(F)F)c1)NC2=O. The second-order valence-electron chi connectivity index (χ2n) is 11.1. The molecule has 0 saturated carbocycles. The number of sulfonamides is 1. The van der Waals surface area contributed by atoms with Gasteiger partial charge in [0.1, 0.15) is 17.1 Å². The summed E-state index contributed by atoms with van der Waals surface area (Å²) in [6, 6.07) is 8.59. The van der Waals surface area contributed by atoms with Gasteiger partial charge >= 0.3 is 6.36 Å². The van der Waals surface area contributed by atoms with Crippen molar-refractivity contribution < 1.29 is 35.9 Å². The summed E-state index contributed by atoms with van der Waals surface area (Å²) in [7, 11) is -3.85. The molecule has 2 amide bonds. The van der Waals surface area contributed by atoms with Crippen LogP contribution in [0, 0.1) is 13.8 Å². The first-order valence-electron chi connectivity index (χ1n) is 13.8. The number of amides is 2. The molecule has 0 radical (unpaired) electrons. The molecule has 1 spiro atoms. The summed E-state index contributed by atoms with van der Waals surface area (Å²) in [5.74, 6) is -0.879. The summed E-state index contributed by atoms with van der Waals surface area (Å²) < 4.78 is 69.5. The summed E-state index contributed by atoms with van der Waals surface area (Å²) >= 11 is 0. The molecule has 2 fully saturated rings. The van der Waals surface area contributed by atoms with Gasteiger partial charge in [0.15, 0.2) is 0 Å². The fourth-order valence-corrected chi connectivity index (χ4v) is 6.87. The highest BCUT2D eigenvalue weighted by Gasteiger charge is 2.47. The number of carbonyl (C=O) groups is 2. The van der Waals surface area contributed by atoms with E-state index in [9.17, 15) is 31.2 Å². The lowest BCUT2D eigenvalue weighted by molar-refractivity contribution is -0.274. The third-order valence-corrected chi connectivity index (χ3v) is 9.56. The normalized spacial score (nSPS) is 21.0. The second kappa shape index (κ2) is 11.4. The Labute approximate surface area is 247 Å². The Hall–Kier alpha value is -3.75.